The summed E-state index contributed by atoms with van der Waals surface area (Å²) >= 11 is 0. The van der Waals surface area contributed by atoms with Gasteiger partial charge in [0, 0.05) is 0 Å². The fourth-order valence-electron chi connectivity index (χ4n) is 1.33. The van der Waals surface area contributed by atoms with E-state index in [0.29, 0.717) is 0 Å². The van der Waals surface area contributed by atoms with E-state index in [9.17, 15) is 0 Å². The van der Waals surface area contributed by atoms with Crippen LogP contribution in [0.3, 0.4) is 0 Å². The lowest BCUT2D eigenvalue weighted by atomic mass is 10.1. The van der Waals surface area contributed by atoms with E-state index in [1.165, 1.54) is 0 Å². The molecule has 0 radical (unpaired) electrons. The number of hydrogen-bond donors (Lipinski definition) is 1. The van der Waals surface area contributed by atoms with Gasteiger partial charge in [0.05, 0.1) is 12.8 Å². The van der Waals surface area contributed by atoms with Gasteiger partial charge in [0.2, 0.25) is 0 Å². The highest BCUT2D eigenvalue weighted by Gasteiger charge is 1.96. The third-order valence-electron chi connectivity index (χ3n) is 2.13. The summed E-state index contributed by atoms with van der Waals surface area (Å²) in [6.07, 6.45) is 7.87. The van der Waals surface area contributed by atoms with Crippen molar-refractivity contribution in [2.24, 2.45) is 0 Å². The van der Waals surface area contributed by atoms with E-state index in [-0.39, 0.29) is 0 Å². The van der Waals surface area contributed by atoms with E-state index in [1.807, 2.05) is 69.3 Å². The van der Waals surface area contributed by atoms with Gasteiger partial charge < -0.3 is 0 Å². The summed E-state index contributed by atoms with van der Waals surface area (Å²) < 4.78 is 0. The maximum Gasteiger partial charge on any atom is 0.0636 e. The molecule has 0 saturated heterocycles. The van der Waals surface area contributed by atoms with Gasteiger partial charge in [-0.25, -0.2) is 0 Å². The largest absolute Gasteiger partial charge is 0.279 e. The number of nitrogens with one attached hydrogen (secondary N) is 1. The van der Waals surface area contributed by atoms with Gasteiger partial charge in [-0.3, -0.25) is 10.3 Å². The summed E-state index contributed by atoms with van der Waals surface area (Å²) in [6, 6.07) is 7.98. The molecule has 0 saturated carbocycles. The molecule has 98 valence electrons. The Bertz CT molecular complexity index is 388. The smallest absolute Gasteiger partial charge is 0.0636 e. The summed E-state index contributed by atoms with van der Waals surface area (Å²) in [4.78, 5) is 4.82. The maximum absolute atomic E-state index is 4.82. The minimum absolute atomic E-state index is 0.931. The zero-order valence-electron chi connectivity index (χ0n) is 11.7. The van der Waals surface area contributed by atoms with Gasteiger partial charge in [-0.05, 0) is 30.2 Å². The number of anilines is 1. The molecular formula is C16H23NO. The van der Waals surface area contributed by atoms with E-state index >= 15 is 0 Å². The second kappa shape index (κ2) is 10.4. The number of allylic oxidation sites excluding steroid dienone is 5. The average molecular weight is 245 g/mol. The molecule has 0 aliphatic heterocycles. The Morgan fingerprint density at radius 2 is 1.83 bits per heavy atom. The van der Waals surface area contributed by atoms with Gasteiger partial charge in [0.25, 0.3) is 0 Å². The van der Waals surface area contributed by atoms with Crippen LogP contribution in [0.25, 0.3) is 5.57 Å². The second-order valence-corrected chi connectivity index (χ2v) is 3.24. The zero-order chi connectivity index (χ0) is 13.8. The molecule has 0 heterocycles. The third kappa shape index (κ3) is 5.51. The van der Waals surface area contributed by atoms with Crippen LogP contribution in [-0.4, -0.2) is 7.11 Å². The fourth-order valence-corrected chi connectivity index (χ4v) is 1.33. The molecule has 0 aliphatic carbocycles. The maximum atomic E-state index is 4.82. The minimum Gasteiger partial charge on any atom is -0.279 e. The quantitative estimate of drug-likeness (QED) is 0.592. The van der Waals surface area contributed by atoms with Crippen LogP contribution >= 0.6 is 0 Å². The highest BCUT2D eigenvalue weighted by Crippen LogP contribution is 2.18. The summed E-state index contributed by atoms with van der Waals surface area (Å²) in [7, 11) is 1.59. The predicted molar refractivity (Wildman–Crippen MR) is 81.4 cm³/mol. The van der Waals surface area contributed by atoms with Crippen molar-refractivity contribution in [3.05, 3.63) is 60.7 Å². The lowest BCUT2D eigenvalue weighted by Crippen LogP contribution is -1.94. The van der Waals surface area contributed by atoms with E-state index < -0.39 is 0 Å². The SMILES string of the molecule is C=C/C(=C\C=C/C)c1ccc(NOC)cc1.CC. The van der Waals surface area contributed by atoms with Crippen molar-refractivity contribution in [2.45, 2.75) is 20.8 Å². The molecule has 1 aromatic carbocycles. The Morgan fingerprint density at radius 3 is 2.28 bits per heavy atom. The molecule has 0 amide bonds. The van der Waals surface area contributed by atoms with Crippen LogP contribution in [0.2, 0.25) is 0 Å². The Balaban J connectivity index is 0.00000137. The monoisotopic (exact) mass is 245 g/mol. The first-order valence-electron chi connectivity index (χ1n) is 6.16. The van der Waals surface area contributed by atoms with Crippen LogP contribution < -0.4 is 5.48 Å². The Morgan fingerprint density at radius 1 is 1.22 bits per heavy atom. The Hall–Kier alpha value is -1.80. The highest BCUT2D eigenvalue weighted by molar-refractivity contribution is 5.75. The number of rotatable bonds is 5. The van der Waals surface area contributed by atoms with Crippen molar-refractivity contribution < 1.29 is 4.84 Å². The first kappa shape index (κ1) is 16.2. The average Bonchev–Trinajstić information content (AvgIpc) is 2.44. The van der Waals surface area contributed by atoms with Gasteiger partial charge in [-0.2, -0.15) is 0 Å². The van der Waals surface area contributed by atoms with E-state index in [2.05, 4.69) is 12.1 Å². The van der Waals surface area contributed by atoms with Crippen molar-refractivity contribution in [2.75, 3.05) is 12.6 Å². The molecule has 1 N–H and O–H groups in total. The first-order chi connectivity index (χ1) is 8.81. The van der Waals surface area contributed by atoms with Crippen molar-refractivity contribution in [3.8, 4) is 0 Å². The molecule has 0 aromatic heterocycles. The van der Waals surface area contributed by atoms with Crippen molar-refractivity contribution in [1.29, 1.82) is 0 Å². The van der Waals surface area contributed by atoms with Gasteiger partial charge in [0.1, 0.15) is 0 Å². The standard InChI is InChI=1S/C14H17NO.C2H6/c1-4-6-7-12(5-2)13-8-10-14(11-9-13)15-16-3;1-2/h4-11,15H,2H2,1,3H3;1-2H3/b6-4-,12-7+;. The van der Waals surface area contributed by atoms with Crippen LogP contribution in [-0.2, 0) is 4.84 Å². The first-order valence-corrected chi connectivity index (χ1v) is 6.16. The molecule has 0 atom stereocenters. The normalized spacial score (nSPS) is 10.8. The van der Waals surface area contributed by atoms with Gasteiger partial charge in [-0.1, -0.05) is 56.9 Å². The lowest BCUT2D eigenvalue weighted by molar-refractivity contribution is 0.271. The summed E-state index contributed by atoms with van der Waals surface area (Å²) in [5.74, 6) is 0. The van der Waals surface area contributed by atoms with Crippen molar-refractivity contribution in [1.82, 2.24) is 0 Å². The molecule has 0 unspecified atom stereocenters. The van der Waals surface area contributed by atoms with Crippen LogP contribution in [0.1, 0.15) is 26.3 Å². The topological polar surface area (TPSA) is 21.3 Å². The van der Waals surface area contributed by atoms with E-state index in [0.717, 1.165) is 16.8 Å². The minimum atomic E-state index is 0.931. The summed E-state index contributed by atoms with van der Waals surface area (Å²) in [5, 5.41) is 0. The Kier molecular flexibility index (Phi) is 9.32. The van der Waals surface area contributed by atoms with Gasteiger partial charge in [-0.15, -0.1) is 0 Å². The zero-order valence-corrected chi connectivity index (χ0v) is 11.7. The second-order valence-electron chi connectivity index (χ2n) is 3.24. The predicted octanol–water partition coefficient (Wildman–Crippen LogP) is 4.83. The number of benzene rings is 1. The molecule has 18 heavy (non-hydrogen) atoms. The third-order valence-corrected chi connectivity index (χ3v) is 2.13. The molecule has 0 spiro atoms. The van der Waals surface area contributed by atoms with Crippen LogP contribution in [0.4, 0.5) is 5.69 Å². The van der Waals surface area contributed by atoms with Crippen LogP contribution in [0.5, 0.6) is 0 Å². The lowest BCUT2D eigenvalue weighted by Gasteiger charge is -2.05. The summed E-state index contributed by atoms with van der Waals surface area (Å²) in [5.41, 5.74) is 5.94. The van der Waals surface area contributed by atoms with Crippen molar-refractivity contribution >= 4 is 11.3 Å². The van der Waals surface area contributed by atoms with E-state index in [1.54, 1.807) is 7.11 Å². The molecule has 0 fully saturated rings. The van der Waals surface area contributed by atoms with Gasteiger partial charge >= 0.3 is 0 Å². The van der Waals surface area contributed by atoms with Crippen LogP contribution in [0.15, 0.2) is 55.1 Å². The molecule has 2 nitrogen and oxygen atoms in total. The fraction of sp³-hybridized carbons (Fsp3) is 0.250. The molecule has 0 aliphatic rings. The van der Waals surface area contributed by atoms with Crippen molar-refractivity contribution in [3.63, 3.8) is 0 Å². The highest BCUT2D eigenvalue weighted by atomic mass is 16.6. The molecule has 1 aromatic rings. The van der Waals surface area contributed by atoms with Gasteiger partial charge in [0.15, 0.2) is 0 Å². The molecule has 2 heteroatoms. The summed E-state index contributed by atoms with van der Waals surface area (Å²) in [6.45, 7) is 9.80. The van der Waals surface area contributed by atoms with Crippen LogP contribution in [0, 0.1) is 0 Å². The molecule has 1 rings (SSSR count). The molecule has 0 bridgehead atoms. The number of hydrogen-bond acceptors (Lipinski definition) is 2. The van der Waals surface area contributed by atoms with E-state index in [4.69, 9.17) is 4.84 Å². The Labute approximate surface area is 111 Å². The molecular weight excluding hydrogens is 222 g/mol.